The maximum absolute atomic E-state index is 14.6. The van der Waals surface area contributed by atoms with Crippen LogP contribution >= 0.6 is 22.6 Å². The summed E-state index contributed by atoms with van der Waals surface area (Å²) in [5.74, 6) is -0.820. The summed E-state index contributed by atoms with van der Waals surface area (Å²) in [6, 6.07) is 10.7. The summed E-state index contributed by atoms with van der Waals surface area (Å²) in [7, 11) is 2.89. The lowest BCUT2D eigenvalue weighted by Crippen LogP contribution is -2.27. The van der Waals surface area contributed by atoms with E-state index < -0.39 is 29.0 Å². The van der Waals surface area contributed by atoms with Crippen LogP contribution in [0, 0.1) is 16.3 Å². The van der Waals surface area contributed by atoms with Gasteiger partial charge >= 0.3 is 6.09 Å². The van der Waals surface area contributed by atoms with E-state index in [1.54, 1.807) is 52.0 Å². The fourth-order valence-electron chi connectivity index (χ4n) is 3.36. The smallest absolute Gasteiger partial charge is 0.412 e. The first-order valence-corrected chi connectivity index (χ1v) is 12.3. The number of ether oxygens (including phenoxy) is 2. The van der Waals surface area contributed by atoms with Gasteiger partial charge in [-0.2, -0.15) is 0 Å². The SMILES string of the molecule is CNC(=O)c1c(Oc2cccc(NC(=O)OC(C)(C)C)c2C)cc(=O)n(C)c1Nc1ccc(I)cc1F. The quantitative estimate of drug-likeness (QED) is 0.305. The molecule has 1 heterocycles. The van der Waals surface area contributed by atoms with Gasteiger partial charge in [0.25, 0.3) is 11.5 Å². The standard InChI is InChI=1S/C26H28FIN4O5/c1-14-17(31-25(35)37-26(2,3)4)8-7-9-19(14)36-20-13-21(33)32(6)23(22(20)24(34)29-5)30-18-11-10-15(28)12-16(18)27/h7-13,30H,1-6H3,(H,29,34)(H,31,35). The molecule has 0 bridgehead atoms. The minimum Gasteiger partial charge on any atom is -0.456 e. The van der Waals surface area contributed by atoms with E-state index in [4.69, 9.17) is 9.47 Å². The predicted molar refractivity (Wildman–Crippen MR) is 149 cm³/mol. The Morgan fingerprint density at radius 1 is 1.05 bits per heavy atom. The number of anilines is 3. The van der Waals surface area contributed by atoms with Crippen LogP contribution in [0.1, 0.15) is 36.7 Å². The Morgan fingerprint density at radius 2 is 1.76 bits per heavy atom. The fourth-order valence-corrected chi connectivity index (χ4v) is 3.81. The lowest BCUT2D eigenvalue weighted by atomic mass is 10.1. The average Bonchev–Trinajstić information content (AvgIpc) is 2.79. The topological polar surface area (TPSA) is 111 Å². The second kappa shape index (κ2) is 11.2. The van der Waals surface area contributed by atoms with Crippen molar-refractivity contribution < 1.29 is 23.5 Å². The molecule has 2 aromatic carbocycles. The van der Waals surface area contributed by atoms with Crippen molar-refractivity contribution in [2.45, 2.75) is 33.3 Å². The molecule has 37 heavy (non-hydrogen) atoms. The third kappa shape index (κ3) is 6.79. The molecule has 0 fully saturated rings. The number of rotatable bonds is 6. The van der Waals surface area contributed by atoms with Gasteiger partial charge < -0.3 is 20.1 Å². The van der Waals surface area contributed by atoms with E-state index in [2.05, 4.69) is 16.0 Å². The third-order valence-electron chi connectivity index (χ3n) is 5.18. The van der Waals surface area contributed by atoms with Crippen molar-refractivity contribution in [3.8, 4) is 11.5 Å². The van der Waals surface area contributed by atoms with Gasteiger partial charge in [0.15, 0.2) is 0 Å². The number of carbonyl (C=O) groups is 2. The van der Waals surface area contributed by atoms with Crippen molar-refractivity contribution in [3.05, 3.63) is 73.3 Å². The lowest BCUT2D eigenvalue weighted by molar-refractivity contribution is 0.0635. The molecule has 3 rings (SSSR count). The van der Waals surface area contributed by atoms with E-state index in [1.807, 2.05) is 22.6 Å². The number of carbonyl (C=O) groups excluding carboxylic acids is 2. The molecule has 0 aliphatic rings. The van der Waals surface area contributed by atoms with Gasteiger partial charge in [-0.15, -0.1) is 0 Å². The van der Waals surface area contributed by atoms with Crippen LogP contribution in [0.4, 0.5) is 26.4 Å². The second-order valence-electron chi connectivity index (χ2n) is 9.12. The maximum atomic E-state index is 14.6. The Bertz CT molecular complexity index is 1420. The summed E-state index contributed by atoms with van der Waals surface area (Å²) in [5.41, 5.74) is -0.133. The van der Waals surface area contributed by atoms with Gasteiger partial charge in [-0.05, 0) is 80.6 Å². The molecule has 0 saturated carbocycles. The lowest BCUT2D eigenvalue weighted by Gasteiger charge is -2.21. The van der Waals surface area contributed by atoms with Gasteiger partial charge in [0.05, 0.1) is 11.4 Å². The highest BCUT2D eigenvalue weighted by atomic mass is 127. The van der Waals surface area contributed by atoms with Crippen LogP contribution in [0.3, 0.4) is 0 Å². The molecular formula is C26H28FIN4O5. The second-order valence-corrected chi connectivity index (χ2v) is 10.4. The molecule has 0 aliphatic carbocycles. The van der Waals surface area contributed by atoms with Crippen LogP contribution in [0.2, 0.25) is 0 Å². The first-order chi connectivity index (χ1) is 17.3. The molecule has 0 aliphatic heterocycles. The molecule has 11 heteroatoms. The van der Waals surface area contributed by atoms with E-state index in [-0.39, 0.29) is 22.8 Å². The number of halogens is 2. The van der Waals surface area contributed by atoms with Crippen molar-refractivity contribution in [2.24, 2.45) is 7.05 Å². The molecule has 1 aromatic heterocycles. The maximum Gasteiger partial charge on any atom is 0.412 e. The highest BCUT2D eigenvalue weighted by Gasteiger charge is 2.24. The highest BCUT2D eigenvalue weighted by Crippen LogP contribution is 2.35. The fraction of sp³-hybridized carbons (Fsp3) is 0.269. The number of aromatic nitrogens is 1. The third-order valence-corrected chi connectivity index (χ3v) is 5.85. The summed E-state index contributed by atoms with van der Waals surface area (Å²) < 4.78 is 27.8. The van der Waals surface area contributed by atoms with Crippen molar-refractivity contribution in [3.63, 3.8) is 0 Å². The van der Waals surface area contributed by atoms with E-state index in [9.17, 15) is 18.8 Å². The van der Waals surface area contributed by atoms with Gasteiger partial charge in [-0.1, -0.05) is 6.07 Å². The van der Waals surface area contributed by atoms with Gasteiger partial charge in [0.1, 0.15) is 34.3 Å². The molecule has 2 amide bonds. The molecule has 3 N–H and O–H groups in total. The van der Waals surface area contributed by atoms with Gasteiger partial charge in [-0.25, -0.2) is 9.18 Å². The summed E-state index contributed by atoms with van der Waals surface area (Å²) in [6.07, 6.45) is -0.640. The predicted octanol–water partition coefficient (Wildman–Crippen LogP) is 5.68. The van der Waals surface area contributed by atoms with Gasteiger partial charge in [0, 0.05) is 29.3 Å². The number of benzene rings is 2. The van der Waals surface area contributed by atoms with Gasteiger partial charge in [0.2, 0.25) is 0 Å². The molecule has 0 radical (unpaired) electrons. The monoisotopic (exact) mass is 622 g/mol. The molecule has 0 atom stereocenters. The number of pyridine rings is 1. The number of amides is 2. The molecule has 0 unspecified atom stereocenters. The Morgan fingerprint density at radius 3 is 2.38 bits per heavy atom. The van der Waals surface area contributed by atoms with E-state index in [0.717, 1.165) is 0 Å². The Hall–Kier alpha value is -3.61. The first-order valence-electron chi connectivity index (χ1n) is 11.3. The number of nitrogens with one attached hydrogen (secondary N) is 3. The molecule has 196 valence electrons. The molecule has 9 nitrogen and oxygen atoms in total. The average molecular weight is 622 g/mol. The van der Waals surface area contributed by atoms with Crippen LogP contribution < -0.4 is 26.2 Å². The zero-order valence-electron chi connectivity index (χ0n) is 21.3. The van der Waals surface area contributed by atoms with Gasteiger partial charge in [-0.3, -0.25) is 19.5 Å². The summed E-state index contributed by atoms with van der Waals surface area (Å²) in [6.45, 7) is 6.97. The summed E-state index contributed by atoms with van der Waals surface area (Å²) in [5, 5.41) is 8.07. The molecular weight excluding hydrogens is 594 g/mol. The number of nitrogens with zero attached hydrogens (tertiary/aromatic N) is 1. The highest BCUT2D eigenvalue weighted by molar-refractivity contribution is 14.1. The van der Waals surface area contributed by atoms with Crippen LogP contribution in [-0.4, -0.2) is 29.2 Å². The van der Waals surface area contributed by atoms with E-state index >= 15 is 0 Å². The summed E-state index contributed by atoms with van der Waals surface area (Å²) >= 11 is 1.98. The van der Waals surface area contributed by atoms with E-state index in [1.165, 1.54) is 36.9 Å². The van der Waals surface area contributed by atoms with Crippen LogP contribution in [0.15, 0.2) is 47.3 Å². The molecule has 0 saturated heterocycles. The minimum absolute atomic E-state index is 0.00699. The molecule has 3 aromatic rings. The normalized spacial score (nSPS) is 11.0. The number of hydrogen-bond acceptors (Lipinski definition) is 6. The van der Waals surface area contributed by atoms with Crippen molar-refractivity contribution in [1.82, 2.24) is 9.88 Å². The van der Waals surface area contributed by atoms with Crippen LogP contribution in [-0.2, 0) is 11.8 Å². The zero-order chi connectivity index (χ0) is 27.5. The van der Waals surface area contributed by atoms with Crippen molar-refractivity contribution in [2.75, 3.05) is 17.7 Å². The van der Waals surface area contributed by atoms with Crippen LogP contribution in [0.5, 0.6) is 11.5 Å². The Balaban J connectivity index is 2.07. The largest absolute Gasteiger partial charge is 0.456 e. The van der Waals surface area contributed by atoms with E-state index in [0.29, 0.717) is 20.6 Å². The minimum atomic E-state index is -0.682. The first kappa shape index (κ1) is 28.0. The number of hydrogen-bond donors (Lipinski definition) is 3. The van der Waals surface area contributed by atoms with Crippen LogP contribution in [0.25, 0.3) is 0 Å². The Labute approximate surface area is 227 Å². The Kier molecular flexibility index (Phi) is 8.46. The summed E-state index contributed by atoms with van der Waals surface area (Å²) in [4.78, 5) is 38.0. The van der Waals surface area contributed by atoms with Crippen molar-refractivity contribution >= 4 is 51.8 Å². The zero-order valence-corrected chi connectivity index (χ0v) is 23.4. The molecule has 0 spiro atoms. The van der Waals surface area contributed by atoms with Crippen molar-refractivity contribution in [1.29, 1.82) is 0 Å².